The van der Waals surface area contributed by atoms with Gasteiger partial charge in [0.05, 0.1) is 0 Å². The second-order valence-corrected chi connectivity index (χ2v) is 14.1. The van der Waals surface area contributed by atoms with Crippen LogP contribution in [0.5, 0.6) is 0 Å². The van der Waals surface area contributed by atoms with Crippen LogP contribution in [0.2, 0.25) is 0 Å². The zero-order valence-electron chi connectivity index (χ0n) is 29.8. The Morgan fingerprint density at radius 3 is 1.00 bits per heavy atom. The quantitative estimate of drug-likeness (QED) is 0.153. The van der Waals surface area contributed by atoms with E-state index in [0.29, 0.717) is 0 Å². The van der Waals surface area contributed by atoms with Crippen LogP contribution in [0.25, 0.3) is 99.1 Å². The zero-order valence-corrected chi connectivity index (χ0v) is 29.8. The molecule has 0 fully saturated rings. The van der Waals surface area contributed by atoms with E-state index in [1.54, 1.807) is 0 Å². The predicted molar refractivity (Wildman–Crippen MR) is 232 cm³/mol. The lowest BCUT2D eigenvalue weighted by Gasteiger charge is -2.20. The van der Waals surface area contributed by atoms with E-state index < -0.39 is 0 Å². The summed E-state index contributed by atoms with van der Waals surface area (Å²) in [6.45, 7) is 0. The van der Waals surface area contributed by atoms with E-state index >= 15 is 0 Å². The van der Waals surface area contributed by atoms with Crippen LogP contribution in [-0.4, -0.2) is 0 Å². The molecule has 10 aromatic carbocycles. The van der Waals surface area contributed by atoms with Crippen LogP contribution < -0.4 is 0 Å². The fourth-order valence-electron chi connectivity index (χ4n) is 8.13. The summed E-state index contributed by atoms with van der Waals surface area (Å²) in [7, 11) is 0. The average molecular weight is 685 g/mol. The van der Waals surface area contributed by atoms with Gasteiger partial charge in [0.2, 0.25) is 0 Å². The Morgan fingerprint density at radius 1 is 0.167 bits per heavy atom. The van der Waals surface area contributed by atoms with Crippen molar-refractivity contribution in [2.45, 2.75) is 0 Å². The van der Waals surface area contributed by atoms with E-state index in [-0.39, 0.29) is 0 Å². The van der Waals surface area contributed by atoms with Gasteiger partial charge in [0.25, 0.3) is 0 Å². The third-order valence-electron chi connectivity index (χ3n) is 10.9. The normalized spacial score (nSPS) is 11.3. The van der Waals surface area contributed by atoms with Gasteiger partial charge in [-0.2, -0.15) is 0 Å². The molecule has 54 heavy (non-hydrogen) atoms. The SMILES string of the molecule is c1ccc(-c2ccc(-c3ccc4c(-c5ccc(-c6ccccc6)cc5)c5cc(-c6ccccc6)ccc5c(-c5ccc6ccccc6c5)c4c3)cc2)cc1. The number of rotatable bonds is 6. The summed E-state index contributed by atoms with van der Waals surface area (Å²) in [5, 5.41) is 7.47. The summed E-state index contributed by atoms with van der Waals surface area (Å²) >= 11 is 0. The van der Waals surface area contributed by atoms with Crippen molar-refractivity contribution in [1.82, 2.24) is 0 Å². The molecule has 0 unspecified atom stereocenters. The minimum absolute atomic E-state index is 1.20. The highest BCUT2D eigenvalue weighted by atomic mass is 14.2. The van der Waals surface area contributed by atoms with Crippen molar-refractivity contribution in [1.29, 1.82) is 0 Å². The maximum absolute atomic E-state index is 2.42. The van der Waals surface area contributed by atoms with Crippen LogP contribution >= 0.6 is 0 Å². The second-order valence-electron chi connectivity index (χ2n) is 14.1. The van der Waals surface area contributed by atoms with Gasteiger partial charge in [0.1, 0.15) is 0 Å². The van der Waals surface area contributed by atoms with Crippen molar-refractivity contribution in [3.8, 4) is 66.8 Å². The molecule has 0 aliphatic heterocycles. The third-order valence-corrected chi connectivity index (χ3v) is 10.9. The van der Waals surface area contributed by atoms with Gasteiger partial charge in [-0.05, 0) is 117 Å². The molecule has 0 nitrogen and oxygen atoms in total. The van der Waals surface area contributed by atoms with E-state index in [0.717, 1.165) is 0 Å². The second kappa shape index (κ2) is 13.5. The number of hydrogen-bond acceptors (Lipinski definition) is 0. The summed E-state index contributed by atoms with van der Waals surface area (Å²) in [5.74, 6) is 0. The molecule has 0 amide bonds. The molecule has 252 valence electrons. The van der Waals surface area contributed by atoms with Gasteiger partial charge in [0.15, 0.2) is 0 Å². The van der Waals surface area contributed by atoms with E-state index in [4.69, 9.17) is 0 Å². The van der Waals surface area contributed by atoms with Crippen LogP contribution in [0, 0.1) is 0 Å². The Morgan fingerprint density at radius 2 is 0.500 bits per heavy atom. The predicted octanol–water partition coefficient (Wildman–Crippen LogP) is 15.1. The molecule has 0 atom stereocenters. The van der Waals surface area contributed by atoms with Gasteiger partial charge in [-0.1, -0.05) is 200 Å². The van der Waals surface area contributed by atoms with Crippen LogP contribution in [-0.2, 0) is 0 Å². The summed E-state index contributed by atoms with van der Waals surface area (Å²) in [6, 6.07) is 79.9. The number of benzene rings is 10. The third kappa shape index (κ3) is 5.75. The molecule has 10 rings (SSSR count). The van der Waals surface area contributed by atoms with E-state index in [9.17, 15) is 0 Å². The standard InChI is InChI=1S/C54H36/c1-4-12-37(13-5-1)41-20-22-43(23-21-41)47-31-32-49-52(36-47)54(48-29-26-40-18-10-11-19-45(40)34-48)50-33-30-46(39-16-8-3-9-17-39)35-51(50)53(49)44-27-24-42(25-28-44)38-14-6-2-7-15-38/h1-36H. The molecule has 0 aliphatic carbocycles. The smallest absolute Gasteiger partial charge is 0.00259 e. The van der Waals surface area contributed by atoms with Crippen molar-refractivity contribution >= 4 is 32.3 Å². The van der Waals surface area contributed by atoms with Crippen molar-refractivity contribution < 1.29 is 0 Å². The summed E-state index contributed by atoms with van der Waals surface area (Å²) in [4.78, 5) is 0. The molecule has 0 aromatic heterocycles. The molecule has 0 heterocycles. The highest BCUT2D eigenvalue weighted by molar-refractivity contribution is 6.23. The van der Waals surface area contributed by atoms with E-state index in [1.165, 1.54) is 99.1 Å². The van der Waals surface area contributed by atoms with Crippen LogP contribution in [0.3, 0.4) is 0 Å². The first-order valence-corrected chi connectivity index (χ1v) is 18.7. The van der Waals surface area contributed by atoms with Crippen molar-refractivity contribution in [3.05, 3.63) is 218 Å². The highest BCUT2D eigenvalue weighted by Gasteiger charge is 2.19. The molecule has 0 heteroatoms. The van der Waals surface area contributed by atoms with Gasteiger partial charge in [-0.3, -0.25) is 0 Å². The highest BCUT2D eigenvalue weighted by Crippen LogP contribution is 2.46. The minimum atomic E-state index is 1.20. The first kappa shape index (κ1) is 31.7. The Labute approximate surface area is 316 Å². The van der Waals surface area contributed by atoms with Crippen LogP contribution in [0.4, 0.5) is 0 Å². The lowest BCUT2D eigenvalue weighted by atomic mass is 9.83. The summed E-state index contributed by atoms with van der Waals surface area (Å²) in [6.07, 6.45) is 0. The maximum Gasteiger partial charge on any atom is -0.00259 e. The van der Waals surface area contributed by atoms with Gasteiger partial charge in [0, 0.05) is 0 Å². The fraction of sp³-hybridized carbons (Fsp3) is 0. The first-order chi connectivity index (χ1) is 26.8. The Balaban J connectivity index is 1.25. The Hall–Kier alpha value is -7.02. The molecule has 10 aromatic rings. The lowest BCUT2D eigenvalue weighted by Crippen LogP contribution is -1.93. The van der Waals surface area contributed by atoms with Gasteiger partial charge >= 0.3 is 0 Å². The maximum atomic E-state index is 2.42. The minimum Gasteiger partial charge on any atom is -0.0622 e. The topological polar surface area (TPSA) is 0 Å². The Kier molecular flexibility index (Phi) is 7.93. The zero-order chi connectivity index (χ0) is 35.8. The first-order valence-electron chi connectivity index (χ1n) is 18.7. The molecule has 0 spiro atoms. The molecule has 0 bridgehead atoms. The molecule has 0 N–H and O–H groups in total. The van der Waals surface area contributed by atoms with Crippen LogP contribution in [0.15, 0.2) is 218 Å². The molecule has 0 saturated heterocycles. The molecule has 0 radical (unpaired) electrons. The van der Waals surface area contributed by atoms with Crippen molar-refractivity contribution in [2.75, 3.05) is 0 Å². The number of hydrogen-bond donors (Lipinski definition) is 0. The van der Waals surface area contributed by atoms with Crippen LogP contribution in [0.1, 0.15) is 0 Å². The monoisotopic (exact) mass is 684 g/mol. The Bertz CT molecular complexity index is 2920. The lowest BCUT2D eigenvalue weighted by molar-refractivity contribution is 1.59. The van der Waals surface area contributed by atoms with Crippen molar-refractivity contribution in [2.24, 2.45) is 0 Å². The number of fused-ring (bicyclic) bond motifs is 3. The van der Waals surface area contributed by atoms with E-state index in [2.05, 4.69) is 218 Å². The van der Waals surface area contributed by atoms with Crippen molar-refractivity contribution in [3.63, 3.8) is 0 Å². The summed E-state index contributed by atoms with van der Waals surface area (Å²) in [5.41, 5.74) is 14.7. The molecule has 0 saturated carbocycles. The van der Waals surface area contributed by atoms with E-state index in [1.807, 2.05) is 0 Å². The summed E-state index contributed by atoms with van der Waals surface area (Å²) < 4.78 is 0. The fourth-order valence-corrected chi connectivity index (χ4v) is 8.13. The van der Waals surface area contributed by atoms with Gasteiger partial charge < -0.3 is 0 Å². The molecular formula is C54H36. The molecular weight excluding hydrogens is 649 g/mol. The average Bonchev–Trinajstić information content (AvgIpc) is 3.26. The molecule has 0 aliphatic rings. The van der Waals surface area contributed by atoms with Gasteiger partial charge in [-0.25, -0.2) is 0 Å². The van der Waals surface area contributed by atoms with Gasteiger partial charge in [-0.15, -0.1) is 0 Å². The largest absolute Gasteiger partial charge is 0.0622 e.